The van der Waals surface area contributed by atoms with Crippen LogP contribution in [0.1, 0.15) is 6.92 Å². The van der Waals surface area contributed by atoms with Gasteiger partial charge in [-0.2, -0.15) is 0 Å². The summed E-state index contributed by atoms with van der Waals surface area (Å²) in [6.45, 7) is 2.39. The summed E-state index contributed by atoms with van der Waals surface area (Å²) in [6, 6.07) is 3.26. The van der Waals surface area contributed by atoms with Crippen molar-refractivity contribution in [2.24, 2.45) is 0 Å². The van der Waals surface area contributed by atoms with Crippen LogP contribution in [-0.2, 0) is 0 Å². The molecule has 1 rings (SSSR count). The van der Waals surface area contributed by atoms with Crippen LogP contribution < -0.4 is 9.47 Å². The Kier molecular flexibility index (Phi) is 3.77. The van der Waals surface area contributed by atoms with E-state index in [2.05, 4.69) is 0 Å². The average molecular weight is 296 g/mol. The van der Waals surface area contributed by atoms with Gasteiger partial charge in [0, 0.05) is 0 Å². The van der Waals surface area contributed by atoms with E-state index in [-0.39, 0.29) is 11.6 Å². The molecule has 0 saturated heterocycles. The van der Waals surface area contributed by atoms with Crippen LogP contribution in [-0.4, -0.2) is 13.7 Å². The Balaban J connectivity index is 3.07. The van der Waals surface area contributed by atoms with Crippen LogP contribution in [0.25, 0.3) is 0 Å². The molecule has 0 aliphatic carbocycles. The fourth-order valence-corrected chi connectivity index (χ4v) is 1.54. The summed E-state index contributed by atoms with van der Waals surface area (Å²) < 4.78 is 23.9. The molecular weight excluding hydrogens is 286 g/mol. The van der Waals surface area contributed by atoms with Gasteiger partial charge in [0.15, 0.2) is 11.6 Å². The Bertz CT molecular complexity index is 302. The fourth-order valence-electron chi connectivity index (χ4n) is 0.939. The van der Waals surface area contributed by atoms with Crippen molar-refractivity contribution in [2.75, 3.05) is 13.7 Å². The van der Waals surface area contributed by atoms with E-state index in [1.54, 1.807) is 12.1 Å². The van der Waals surface area contributed by atoms with Gasteiger partial charge in [-0.3, -0.25) is 0 Å². The average Bonchev–Trinajstić information content (AvgIpc) is 2.14. The summed E-state index contributed by atoms with van der Waals surface area (Å²) in [5.41, 5.74) is 0. The quantitative estimate of drug-likeness (QED) is 0.799. The van der Waals surface area contributed by atoms with Crippen LogP contribution >= 0.6 is 22.6 Å². The largest absolute Gasteiger partial charge is 0.494 e. The molecule has 0 atom stereocenters. The van der Waals surface area contributed by atoms with Crippen molar-refractivity contribution in [3.05, 3.63) is 21.5 Å². The molecular formula is C9H10FIO2. The van der Waals surface area contributed by atoms with Gasteiger partial charge < -0.3 is 9.47 Å². The number of benzene rings is 1. The van der Waals surface area contributed by atoms with Gasteiger partial charge in [-0.15, -0.1) is 0 Å². The summed E-state index contributed by atoms with van der Waals surface area (Å²) in [7, 11) is 1.44. The molecule has 0 amide bonds. The van der Waals surface area contributed by atoms with Crippen LogP contribution in [0.4, 0.5) is 4.39 Å². The highest BCUT2D eigenvalue weighted by Crippen LogP contribution is 2.29. The van der Waals surface area contributed by atoms with E-state index >= 15 is 0 Å². The molecule has 0 radical (unpaired) electrons. The molecule has 0 saturated carbocycles. The molecule has 4 heteroatoms. The maximum absolute atomic E-state index is 13.4. The molecule has 0 fully saturated rings. The lowest BCUT2D eigenvalue weighted by Crippen LogP contribution is -1.97. The predicted molar refractivity (Wildman–Crippen MR) is 56.8 cm³/mol. The van der Waals surface area contributed by atoms with Crippen LogP contribution in [0.3, 0.4) is 0 Å². The summed E-state index contributed by atoms with van der Waals surface area (Å²) in [5, 5.41) is 0. The Morgan fingerprint density at radius 2 is 2.00 bits per heavy atom. The van der Waals surface area contributed by atoms with Gasteiger partial charge in [0.1, 0.15) is 5.75 Å². The zero-order valence-electron chi connectivity index (χ0n) is 7.43. The summed E-state index contributed by atoms with van der Waals surface area (Å²) in [4.78, 5) is 0. The van der Waals surface area contributed by atoms with Crippen molar-refractivity contribution in [3.8, 4) is 11.5 Å². The number of methoxy groups -OCH3 is 1. The first kappa shape index (κ1) is 10.6. The third kappa shape index (κ3) is 2.24. The maximum Gasteiger partial charge on any atom is 0.182 e. The van der Waals surface area contributed by atoms with Crippen molar-refractivity contribution in [2.45, 2.75) is 6.92 Å². The Morgan fingerprint density at radius 3 is 2.54 bits per heavy atom. The standard InChI is InChI=1S/C9H10FIO2/c1-3-13-7-5-4-6(12-2)8(10)9(7)11/h4-5H,3H2,1-2H3. The molecule has 13 heavy (non-hydrogen) atoms. The zero-order valence-corrected chi connectivity index (χ0v) is 9.59. The normalized spacial score (nSPS) is 9.85. The molecule has 0 aliphatic rings. The Morgan fingerprint density at radius 1 is 1.38 bits per heavy atom. The summed E-state index contributed by atoms with van der Waals surface area (Å²) >= 11 is 1.90. The molecule has 0 bridgehead atoms. The first-order valence-electron chi connectivity index (χ1n) is 3.85. The monoisotopic (exact) mass is 296 g/mol. The van der Waals surface area contributed by atoms with Crippen LogP contribution in [0.15, 0.2) is 12.1 Å². The molecule has 0 heterocycles. The fraction of sp³-hybridized carbons (Fsp3) is 0.333. The van der Waals surface area contributed by atoms with Gasteiger partial charge in [-0.25, -0.2) is 4.39 Å². The minimum Gasteiger partial charge on any atom is -0.494 e. The minimum atomic E-state index is -0.367. The van der Waals surface area contributed by atoms with Crippen molar-refractivity contribution in [3.63, 3.8) is 0 Å². The SMILES string of the molecule is CCOc1ccc(OC)c(F)c1I. The van der Waals surface area contributed by atoms with Gasteiger partial charge >= 0.3 is 0 Å². The van der Waals surface area contributed by atoms with E-state index in [0.29, 0.717) is 15.9 Å². The first-order valence-corrected chi connectivity index (χ1v) is 4.93. The van der Waals surface area contributed by atoms with Gasteiger partial charge in [0.2, 0.25) is 0 Å². The van der Waals surface area contributed by atoms with Gasteiger partial charge in [0.25, 0.3) is 0 Å². The lowest BCUT2D eigenvalue weighted by molar-refractivity contribution is 0.330. The molecule has 0 spiro atoms. The second-order valence-corrected chi connectivity index (χ2v) is 3.41. The first-order chi connectivity index (χ1) is 6.20. The van der Waals surface area contributed by atoms with E-state index in [0.717, 1.165) is 0 Å². The van der Waals surface area contributed by atoms with Crippen molar-refractivity contribution < 1.29 is 13.9 Å². The minimum absolute atomic E-state index is 0.243. The Hall–Kier alpha value is -0.520. The molecule has 1 aromatic rings. The zero-order chi connectivity index (χ0) is 9.84. The molecule has 2 nitrogen and oxygen atoms in total. The third-order valence-corrected chi connectivity index (χ3v) is 2.54. The number of hydrogen-bond donors (Lipinski definition) is 0. The molecule has 72 valence electrons. The van der Waals surface area contributed by atoms with Crippen LogP contribution in [0.2, 0.25) is 0 Å². The lowest BCUT2D eigenvalue weighted by atomic mass is 10.3. The third-order valence-electron chi connectivity index (χ3n) is 1.53. The maximum atomic E-state index is 13.4. The topological polar surface area (TPSA) is 18.5 Å². The van der Waals surface area contributed by atoms with Crippen molar-refractivity contribution >= 4 is 22.6 Å². The van der Waals surface area contributed by atoms with Crippen LogP contribution in [0, 0.1) is 9.39 Å². The van der Waals surface area contributed by atoms with Gasteiger partial charge in [-0.05, 0) is 41.6 Å². The number of rotatable bonds is 3. The Labute approximate surface area is 90.2 Å². The smallest absolute Gasteiger partial charge is 0.182 e. The molecule has 0 unspecified atom stereocenters. The number of halogens is 2. The van der Waals surface area contributed by atoms with Crippen molar-refractivity contribution in [1.29, 1.82) is 0 Å². The van der Waals surface area contributed by atoms with E-state index in [1.807, 2.05) is 29.5 Å². The van der Waals surface area contributed by atoms with E-state index in [9.17, 15) is 4.39 Å². The molecule has 0 N–H and O–H groups in total. The van der Waals surface area contributed by atoms with E-state index < -0.39 is 0 Å². The molecule has 0 aliphatic heterocycles. The molecule has 1 aromatic carbocycles. The lowest BCUT2D eigenvalue weighted by Gasteiger charge is -2.08. The van der Waals surface area contributed by atoms with Gasteiger partial charge in [0.05, 0.1) is 17.3 Å². The molecule has 0 aromatic heterocycles. The second kappa shape index (κ2) is 4.64. The highest BCUT2D eigenvalue weighted by Gasteiger charge is 2.11. The van der Waals surface area contributed by atoms with Crippen molar-refractivity contribution in [1.82, 2.24) is 0 Å². The predicted octanol–water partition coefficient (Wildman–Crippen LogP) is 2.84. The summed E-state index contributed by atoms with van der Waals surface area (Å²) in [6.07, 6.45) is 0. The number of ether oxygens (including phenoxy) is 2. The van der Waals surface area contributed by atoms with E-state index in [1.165, 1.54) is 7.11 Å². The summed E-state index contributed by atoms with van der Waals surface area (Å²) in [5.74, 6) is 0.434. The highest BCUT2D eigenvalue weighted by atomic mass is 127. The van der Waals surface area contributed by atoms with Crippen LogP contribution in [0.5, 0.6) is 11.5 Å². The number of hydrogen-bond acceptors (Lipinski definition) is 2. The van der Waals surface area contributed by atoms with Gasteiger partial charge in [-0.1, -0.05) is 0 Å². The second-order valence-electron chi connectivity index (χ2n) is 2.33. The highest BCUT2D eigenvalue weighted by molar-refractivity contribution is 14.1. The van der Waals surface area contributed by atoms with E-state index in [4.69, 9.17) is 9.47 Å².